The van der Waals surface area contributed by atoms with E-state index in [1.807, 2.05) is 42.5 Å². The van der Waals surface area contributed by atoms with Gasteiger partial charge in [-0.2, -0.15) is 5.10 Å². The molecule has 1 aliphatic heterocycles. The first-order valence-electron chi connectivity index (χ1n) is 12.5. The first-order valence-corrected chi connectivity index (χ1v) is 12.9. The number of rotatable bonds is 7. The molecule has 6 rings (SSSR count). The van der Waals surface area contributed by atoms with Gasteiger partial charge in [0.25, 0.3) is 5.91 Å². The van der Waals surface area contributed by atoms with Crippen LogP contribution < -0.4 is 24.4 Å². The predicted octanol–water partition coefficient (Wildman–Crippen LogP) is 6.21. The highest BCUT2D eigenvalue weighted by molar-refractivity contribution is 6.34. The van der Waals surface area contributed by atoms with E-state index < -0.39 is 11.9 Å². The molecule has 0 spiro atoms. The molecule has 2 heterocycles. The van der Waals surface area contributed by atoms with E-state index in [2.05, 4.69) is 15.5 Å². The van der Waals surface area contributed by atoms with Crippen LogP contribution in [-0.4, -0.2) is 37.0 Å². The number of fused-ring (bicyclic) bond motifs is 2. The molecule has 2 N–H and O–H groups in total. The van der Waals surface area contributed by atoms with Crippen LogP contribution in [0, 0.1) is 0 Å². The third-order valence-corrected chi connectivity index (χ3v) is 6.78. The van der Waals surface area contributed by atoms with Crippen LogP contribution in [0.5, 0.6) is 23.0 Å². The second kappa shape index (κ2) is 11.1. The van der Waals surface area contributed by atoms with Crippen molar-refractivity contribution in [3.8, 4) is 34.1 Å². The van der Waals surface area contributed by atoms with E-state index in [1.165, 1.54) is 13.3 Å². The summed E-state index contributed by atoms with van der Waals surface area (Å²) in [5, 5.41) is 5.52. The number of nitrogens with one attached hydrogen (secondary N) is 2. The number of hydrogen-bond donors (Lipinski definition) is 2. The normalized spacial score (nSPS) is 12.0. The highest BCUT2D eigenvalue weighted by Gasteiger charge is 2.21. The Labute approximate surface area is 239 Å². The summed E-state index contributed by atoms with van der Waals surface area (Å²) in [6.45, 7) is 0.107. The standard InChI is InChI=1S/C31H22ClN3O6/c1-38-26-14-18(10-12-25(26)41-31(37)19-11-13-24-27(15-19)40-17-39-24)16-33-35-30(36)29-28(20-6-2-4-8-22(20)32)21-7-3-5-9-23(21)34-29/h2-16,34H,17H2,1H3,(H,35,36). The van der Waals surface area contributed by atoms with Crippen molar-refractivity contribution >= 4 is 40.6 Å². The fraction of sp³-hybridized carbons (Fsp3) is 0.0645. The zero-order valence-electron chi connectivity index (χ0n) is 21.6. The van der Waals surface area contributed by atoms with Gasteiger partial charge in [-0.1, -0.05) is 48.0 Å². The molecule has 1 aliphatic rings. The lowest BCUT2D eigenvalue weighted by molar-refractivity contribution is 0.0729. The SMILES string of the molecule is COc1cc(C=NNC(=O)c2[nH]c3ccccc3c2-c2ccccc2Cl)ccc1OC(=O)c1ccc2c(c1)OCO2. The summed E-state index contributed by atoms with van der Waals surface area (Å²) in [4.78, 5) is 29.1. The van der Waals surface area contributed by atoms with Gasteiger partial charge in [0, 0.05) is 27.1 Å². The molecule has 41 heavy (non-hydrogen) atoms. The van der Waals surface area contributed by atoms with Crippen LogP contribution in [0.15, 0.2) is 90.0 Å². The topological polar surface area (TPSA) is 111 Å². The Morgan fingerprint density at radius 2 is 1.76 bits per heavy atom. The Hall–Kier alpha value is -5.28. The van der Waals surface area contributed by atoms with Crippen LogP contribution >= 0.6 is 11.6 Å². The molecule has 5 aromatic rings. The molecule has 0 aliphatic carbocycles. The van der Waals surface area contributed by atoms with Gasteiger partial charge in [0.05, 0.1) is 18.9 Å². The first-order chi connectivity index (χ1) is 20.0. The van der Waals surface area contributed by atoms with Gasteiger partial charge in [-0.3, -0.25) is 4.79 Å². The van der Waals surface area contributed by atoms with Gasteiger partial charge in [0.2, 0.25) is 6.79 Å². The number of para-hydroxylation sites is 1. The number of halogens is 1. The third-order valence-electron chi connectivity index (χ3n) is 6.45. The van der Waals surface area contributed by atoms with Crippen molar-refractivity contribution in [1.82, 2.24) is 10.4 Å². The predicted molar refractivity (Wildman–Crippen MR) is 154 cm³/mol. The maximum Gasteiger partial charge on any atom is 0.343 e. The average Bonchev–Trinajstić information content (AvgIpc) is 3.62. The van der Waals surface area contributed by atoms with E-state index in [9.17, 15) is 9.59 Å². The number of H-pyrrole nitrogens is 1. The smallest absolute Gasteiger partial charge is 0.343 e. The summed E-state index contributed by atoms with van der Waals surface area (Å²) in [5.41, 5.74) is 6.03. The molecule has 9 nitrogen and oxygen atoms in total. The van der Waals surface area contributed by atoms with Crippen molar-refractivity contribution in [3.05, 3.63) is 107 Å². The van der Waals surface area contributed by atoms with E-state index >= 15 is 0 Å². The molecule has 0 saturated carbocycles. The number of methoxy groups -OCH3 is 1. The second-order valence-corrected chi connectivity index (χ2v) is 9.37. The van der Waals surface area contributed by atoms with Crippen LogP contribution in [0.25, 0.3) is 22.0 Å². The Bertz CT molecular complexity index is 1830. The lowest BCUT2D eigenvalue weighted by atomic mass is 10.0. The summed E-state index contributed by atoms with van der Waals surface area (Å²) < 4.78 is 21.6. The lowest BCUT2D eigenvalue weighted by Gasteiger charge is -2.10. The lowest BCUT2D eigenvalue weighted by Crippen LogP contribution is -2.19. The number of aromatic nitrogens is 1. The molecular weight excluding hydrogens is 546 g/mol. The molecule has 10 heteroatoms. The maximum absolute atomic E-state index is 13.2. The van der Waals surface area contributed by atoms with Crippen LogP contribution in [0.2, 0.25) is 5.02 Å². The van der Waals surface area contributed by atoms with Gasteiger partial charge < -0.3 is 23.9 Å². The molecule has 0 atom stereocenters. The minimum Gasteiger partial charge on any atom is -0.493 e. The Kier molecular flexibility index (Phi) is 7.01. The van der Waals surface area contributed by atoms with Crippen molar-refractivity contribution < 1.29 is 28.5 Å². The summed E-state index contributed by atoms with van der Waals surface area (Å²) in [5.74, 6) is 0.562. The number of ether oxygens (including phenoxy) is 4. The molecule has 0 radical (unpaired) electrons. The van der Waals surface area contributed by atoms with Gasteiger partial charge in [-0.15, -0.1) is 0 Å². The van der Waals surface area contributed by atoms with Crippen LogP contribution in [0.4, 0.5) is 0 Å². The summed E-state index contributed by atoms with van der Waals surface area (Å²) in [6, 6.07) is 24.7. The Morgan fingerprint density at radius 3 is 2.61 bits per heavy atom. The highest BCUT2D eigenvalue weighted by Crippen LogP contribution is 2.37. The number of hydrogen-bond acceptors (Lipinski definition) is 7. The number of esters is 1. The zero-order chi connectivity index (χ0) is 28.3. The molecule has 0 bridgehead atoms. The van der Waals surface area contributed by atoms with Gasteiger partial charge in [-0.25, -0.2) is 10.2 Å². The minimum atomic E-state index is -0.581. The Morgan fingerprint density at radius 1 is 0.951 bits per heavy atom. The Balaban J connectivity index is 1.19. The number of nitrogens with zero attached hydrogens (tertiary/aromatic N) is 1. The van der Waals surface area contributed by atoms with Gasteiger partial charge in [0.15, 0.2) is 23.0 Å². The van der Waals surface area contributed by atoms with Crippen molar-refractivity contribution in [2.45, 2.75) is 0 Å². The number of carbonyl (C=O) groups excluding carboxylic acids is 2. The van der Waals surface area contributed by atoms with E-state index in [0.717, 1.165) is 16.5 Å². The number of aromatic amines is 1. The molecule has 0 unspecified atom stereocenters. The van der Waals surface area contributed by atoms with Gasteiger partial charge in [-0.05, 0) is 54.1 Å². The number of amides is 1. The average molecular weight is 568 g/mol. The summed E-state index contributed by atoms with van der Waals surface area (Å²) in [6.07, 6.45) is 1.46. The van der Waals surface area contributed by atoms with Crippen molar-refractivity contribution in [2.75, 3.05) is 13.9 Å². The summed E-state index contributed by atoms with van der Waals surface area (Å²) >= 11 is 6.48. The third kappa shape index (κ3) is 5.18. The largest absolute Gasteiger partial charge is 0.493 e. The zero-order valence-corrected chi connectivity index (χ0v) is 22.4. The monoisotopic (exact) mass is 567 g/mol. The molecule has 4 aromatic carbocycles. The highest BCUT2D eigenvalue weighted by atomic mass is 35.5. The fourth-order valence-corrected chi connectivity index (χ4v) is 4.74. The molecule has 1 aromatic heterocycles. The van der Waals surface area contributed by atoms with E-state index in [1.54, 1.807) is 42.5 Å². The van der Waals surface area contributed by atoms with Crippen LogP contribution in [0.3, 0.4) is 0 Å². The van der Waals surface area contributed by atoms with Gasteiger partial charge in [0.1, 0.15) is 5.69 Å². The van der Waals surface area contributed by atoms with E-state index in [4.69, 9.17) is 30.5 Å². The quantitative estimate of drug-likeness (QED) is 0.105. The summed E-state index contributed by atoms with van der Waals surface area (Å²) in [7, 11) is 1.46. The fourth-order valence-electron chi connectivity index (χ4n) is 4.51. The van der Waals surface area contributed by atoms with Crippen LogP contribution in [0.1, 0.15) is 26.4 Å². The maximum atomic E-state index is 13.2. The van der Waals surface area contributed by atoms with Crippen molar-refractivity contribution in [2.24, 2.45) is 5.10 Å². The molecular formula is C31H22ClN3O6. The molecule has 1 amide bonds. The minimum absolute atomic E-state index is 0.107. The van der Waals surface area contributed by atoms with Crippen molar-refractivity contribution in [3.63, 3.8) is 0 Å². The van der Waals surface area contributed by atoms with E-state index in [-0.39, 0.29) is 12.5 Å². The number of hydrazone groups is 1. The molecule has 0 saturated heterocycles. The second-order valence-electron chi connectivity index (χ2n) is 8.97. The van der Waals surface area contributed by atoms with E-state index in [0.29, 0.717) is 44.7 Å². The molecule has 204 valence electrons. The van der Waals surface area contributed by atoms with Crippen LogP contribution in [-0.2, 0) is 0 Å². The number of benzene rings is 4. The van der Waals surface area contributed by atoms with Gasteiger partial charge >= 0.3 is 5.97 Å². The molecule has 0 fully saturated rings. The number of carbonyl (C=O) groups is 2. The first kappa shape index (κ1) is 26.0. The van der Waals surface area contributed by atoms with Crippen molar-refractivity contribution in [1.29, 1.82) is 0 Å².